The van der Waals surface area contributed by atoms with E-state index in [1.54, 1.807) is 0 Å². The molecule has 1 saturated heterocycles. The summed E-state index contributed by atoms with van der Waals surface area (Å²) in [5.74, 6) is -0.396. The average Bonchev–Trinajstić information content (AvgIpc) is 3.09. The number of carbonyl (C=O) groups excluding carboxylic acids is 1. The van der Waals surface area contributed by atoms with Crippen molar-refractivity contribution in [2.45, 2.75) is 230 Å². The van der Waals surface area contributed by atoms with Gasteiger partial charge >= 0.3 is 0 Å². The maximum absolute atomic E-state index is 12.9. The zero-order valence-corrected chi connectivity index (χ0v) is 31.3. The van der Waals surface area contributed by atoms with Crippen LogP contribution in [0.5, 0.6) is 0 Å². The van der Waals surface area contributed by atoms with Gasteiger partial charge < -0.3 is 45.4 Å². The van der Waals surface area contributed by atoms with Crippen LogP contribution in [0.3, 0.4) is 0 Å². The van der Waals surface area contributed by atoms with Crippen LogP contribution in [0.4, 0.5) is 0 Å². The number of amides is 1. The lowest BCUT2D eigenvalue weighted by molar-refractivity contribution is -0.302. The predicted octanol–water partition coefficient (Wildman–Crippen LogP) is 6.19. The van der Waals surface area contributed by atoms with Gasteiger partial charge in [-0.1, -0.05) is 162 Å². The van der Waals surface area contributed by atoms with Crippen molar-refractivity contribution < 1.29 is 44.9 Å². The van der Waals surface area contributed by atoms with Crippen LogP contribution in [0.15, 0.2) is 0 Å². The Hall–Kier alpha value is -0.850. The molecule has 10 heteroatoms. The van der Waals surface area contributed by atoms with Gasteiger partial charge in [0.1, 0.15) is 24.4 Å². The lowest BCUT2D eigenvalue weighted by Crippen LogP contribution is -2.60. The number of nitrogens with one attached hydrogen (secondary N) is 1. The van der Waals surface area contributed by atoms with Crippen molar-refractivity contribution in [3.05, 3.63) is 0 Å². The number of rotatable bonds is 33. The number of hydrogen-bond acceptors (Lipinski definition) is 9. The molecule has 1 fully saturated rings. The SMILES string of the molecule is CCCCCCCCCCCCCC[C@@H](O)CC(=O)NC(CO[C@H]1OC(CO)[C@H](O)C(O)C1O)[C@H](O)CCCCCCCCCCCCC. The Labute approximate surface area is 298 Å². The summed E-state index contributed by atoms with van der Waals surface area (Å²) in [6.07, 6.45) is 19.8. The van der Waals surface area contributed by atoms with Crippen LogP contribution in [-0.2, 0) is 14.3 Å². The molecule has 0 aromatic rings. The molecular formula is C39H77NO9. The molecule has 0 aromatic heterocycles. The molecule has 292 valence electrons. The number of ether oxygens (including phenoxy) is 2. The normalized spacial score (nSPS) is 23.0. The fraction of sp³-hybridized carbons (Fsp3) is 0.974. The van der Waals surface area contributed by atoms with Crippen molar-refractivity contribution >= 4 is 5.91 Å². The van der Waals surface area contributed by atoms with E-state index in [0.29, 0.717) is 12.8 Å². The molecule has 7 N–H and O–H groups in total. The Bertz CT molecular complexity index is 758. The quantitative estimate of drug-likeness (QED) is 0.0394. The largest absolute Gasteiger partial charge is 0.394 e. The van der Waals surface area contributed by atoms with Crippen molar-refractivity contribution in [3.8, 4) is 0 Å². The number of aliphatic hydroxyl groups excluding tert-OH is 6. The highest BCUT2D eigenvalue weighted by Gasteiger charge is 2.44. The Morgan fingerprint density at radius 3 is 1.51 bits per heavy atom. The monoisotopic (exact) mass is 704 g/mol. The van der Waals surface area contributed by atoms with Gasteiger partial charge in [-0.3, -0.25) is 4.79 Å². The van der Waals surface area contributed by atoms with E-state index >= 15 is 0 Å². The highest BCUT2D eigenvalue weighted by atomic mass is 16.7. The highest BCUT2D eigenvalue weighted by molar-refractivity contribution is 5.76. The molecule has 0 saturated carbocycles. The third-order valence-electron chi connectivity index (χ3n) is 10.0. The Morgan fingerprint density at radius 1 is 0.633 bits per heavy atom. The fourth-order valence-corrected chi connectivity index (χ4v) is 6.67. The molecule has 0 radical (unpaired) electrons. The van der Waals surface area contributed by atoms with E-state index in [9.17, 15) is 35.4 Å². The summed E-state index contributed by atoms with van der Waals surface area (Å²) in [5.41, 5.74) is 0. The third-order valence-corrected chi connectivity index (χ3v) is 10.0. The lowest BCUT2D eigenvalue weighted by atomic mass is 9.99. The van der Waals surface area contributed by atoms with E-state index in [2.05, 4.69) is 19.2 Å². The second-order valence-electron chi connectivity index (χ2n) is 14.6. The first kappa shape index (κ1) is 46.2. The van der Waals surface area contributed by atoms with Crippen molar-refractivity contribution in [3.63, 3.8) is 0 Å². The van der Waals surface area contributed by atoms with E-state index in [1.165, 1.54) is 109 Å². The maximum atomic E-state index is 12.9. The lowest BCUT2D eigenvalue weighted by Gasteiger charge is -2.40. The fourth-order valence-electron chi connectivity index (χ4n) is 6.67. The van der Waals surface area contributed by atoms with E-state index in [0.717, 1.165) is 38.5 Å². The summed E-state index contributed by atoms with van der Waals surface area (Å²) in [4.78, 5) is 12.9. The number of aliphatic hydroxyl groups is 6. The molecule has 0 bridgehead atoms. The number of unbranched alkanes of at least 4 members (excludes halogenated alkanes) is 21. The summed E-state index contributed by atoms with van der Waals surface area (Å²) in [5, 5.41) is 64.5. The Morgan fingerprint density at radius 2 is 1.06 bits per heavy atom. The zero-order chi connectivity index (χ0) is 36.1. The summed E-state index contributed by atoms with van der Waals surface area (Å²) in [6.45, 7) is 3.67. The summed E-state index contributed by atoms with van der Waals surface area (Å²) >= 11 is 0. The van der Waals surface area contributed by atoms with E-state index in [1.807, 2.05) is 0 Å². The van der Waals surface area contributed by atoms with Crippen LogP contribution in [-0.4, -0.2) is 98.7 Å². The zero-order valence-electron chi connectivity index (χ0n) is 31.3. The maximum Gasteiger partial charge on any atom is 0.222 e. The Balaban J connectivity index is 2.45. The second kappa shape index (κ2) is 30.7. The second-order valence-corrected chi connectivity index (χ2v) is 14.6. The molecule has 1 amide bonds. The van der Waals surface area contributed by atoms with Crippen LogP contribution in [0, 0.1) is 0 Å². The van der Waals surface area contributed by atoms with Gasteiger partial charge in [0.2, 0.25) is 5.91 Å². The van der Waals surface area contributed by atoms with Crippen molar-refractivity contribution in [2.75, 3.05) is 13.2 Å². The molecule has 0 aliphatic carbocycles. The van der Waals surface area contributed by atoms with Crippen LogP contribution < -0.4 is 5.32 Å². The molecule has 10 nitrogen and oxygen atoms in total. The molecule has 0 aromatic carbocycles. The van der Waals surface area contributed by atoms with Crippen LogP contribution in [0.1, 0.15) is 181 Å². The molecule has 0 spiro atoms. The van der Waals surface area contributed by atoms with Gasteiger partial charge in [0.15, 0.2) is 6.29 Å². The topological polar surface area (TPSA) is 169 Å². The van der Waals surface area contributed by atoms with Gasteiger partial charge in [-0.15, -0.1) is 0 Å². The molecule has 49 heavy (non-hydrogen) atoms. The van der Waals surface area contributed by atoms with Gasteiger partial charge in [-0.05, 0) is 12.8 Å². The molecule has 1 aliphatic heterocycles. The molecule has 1 heterocycles. The van der Waals surface area contributed by atoms with Crippen LogP contribution >= 0.6 is 0 Å². The minimum atomic E-state index is -1.58. The molecule has 1 aliphatic rings. The minimum absolute atomic E-state index is 0.0836. The molecular weight excluding hydrogens is 626 g/mol. The molecule has 1 rings (SSSR count). The Kier molecular flexibility index (Phi) is 29.0. The predicted molar refractivity (Wildman–Crippen MR) is 195 cm³/mol. The third kappa shape index (κ3) is 22.6. The summed E-state index contributed by atoms with van der Waals surface area (Å²) in [7, 11) is 0. The van der Waals surface area contributed by atoms with Gasteiger partial charge in [-0.25, -0.2) is 0 Å². The van der Waals surface area contributed by atoms with E-state index < -0.39 is 61.5 Å². The first-order valence-corrected chi connectivity index (χ1v) is 20.3. The van der Waals surface area contributed by atoms with Crippen LogP contribution in [0.2, 0.25) is 0 Å². The van der Waals surface area contributed by atoms with E-state index in [-0.39, 0.29) is 13.0 Å². The first-order valence-electron chi connectivity index (χ1n) is 20.3. The first-order chi connectivity index (χ1) is 23.7. The highest BCUT2D eigenvalue weighted by Crippen LogP contribution is 2.23. The van der Waals surface area contributed by atoms with Gasteiger partial charge in [-0.2, -0.15) is 0 Å². The van der Waals surface area contributed by atoms with Gasteiger partial charge in [0.05, 0.1) is 37.9 Å². The smallest absolute Gasteiger partial charge is 0.222 e. The van der Waals surface area contributed by atoms with Crippen LogP contribution in [0.25, 0.3) is 0 Å². The number of hydrogen-bond donors (Lipinski definition) is 7. The van der Waals surface area contributed by atoms with E-state index in [4.69, 9.17) is 9.47 Å². The minimum Gasteiger partial charge on any atom is -0.394 e. The van der Waals surface area contributed by atoms with Crippen molar-refractivity contribution in [1.82, 2.24) is 5.32 Å². The summed E-state index contributed by atoms with van der Waals surface area (Å²) < 4.78 is 11.1. The number of carbonyl (C=O) groups is 1. The van der Waals surface area contributed by atoms with Gasteiger partial charge in [0, 0.05) is 0 Å². The molecule has 8 atom stereocenters. The summed E-state index contributed by atoms with van der Waals surface area (Å²) in [6, 6.07) is -0.832. The van der Waals surface area contributed by atoms with Crippen molar-refractivity contribution in [1.29, 1.82) is 0 Å². The standard InChI is InChI=1S/C39H77NO9/c1-3-5-7-9-11-13-15-17-18-20-22-24-26-31(42)28-35(44)40-32(30-48-39-38(47)37(46)36(45)34(29-41)49-39)33(43)27-25-23-21-19-16-14-12-10-8-6-4-2/h31-34,36-39,41-43,45-47H,3-30H2,1-2H3,(H,40,44)/t31-,32?,33-,34?,36+,37?,38?,39+/m1/s1. The average molecular weight is 704 g/mol. The van der Waals surface area contributed by atoms with Gasteiger partial charge in [0.25, 0.3) is 0 Å². The van der Waals surface area contributed by atoms with Crippen molar-refractivity contribution in [2.24, 2.45) is 0 Å². The molecule has 4 unspecified atom stereocenters.